The van der Waals surface area contributed by atoms with Crippen LogP contribution in [-0.2, 0) is 0 Å². The van der Waals surface area contributed by atoms with Gasteiger partial charge in [-0.25, -0.2) is 4.98 Å². The van der Waals surface area contributed by atoms with E-state index >= 15 is 0 Å². The van der Waals surface area contributed by atoms with Crippen LogP contribution < -0.4 is 10.6 Å². The van der Waals surface area contributed by atoms with Gasteiger partial charge in [-0.15, -0.1) is 0 Å². The number of anilines is 2. The number of para-hydroxylation sites is 1. The highest BCUT2D eigenvalue weighted by atomic mass is 15.3. The molecule has 1 unspecified atom stereocenters. The molecule has 1 aromatic heterocycles. The molecule has 0 saturated heterocycles. The molecule has 1 heterocycles. The smallest absolute Gasteiger partial charge is 0.227 e. The Morgan fingerprint density at radius 2 is 2.00 bits per heavy atom. The highest BCUT2D eigenvalue weighted by molar-refractivity contribution is 5.88. The summed E-state index contributed by atoms with van der Waals surface area (Å²) in [5.74, 6) is 2.07. The Bertz CT molecular complexity index is 577. The molecule has 3 rings (SSSR count). The number of rotatable bonds is 3. The van der Waals surface area contributed by atoms with Gasteiger partial charge in [-0.1, -0.05) is 12.1 Å². The first-order valence-corrected chi connectivity index (χ1v) is 6.42. The monoisotopic (exact) mass is 242 g/mol. The maximum atomic E-state index is 6.01. The molecule has 0 amide bonds. The summed E-state index contributed by atoms with van der Waals surface area (Å²) in [7, 11) is 2.05. The van der Waals surface area contributed by atoms with Gasteiger partial charge in [0.05, 0.1) is 5.52 Å². The van der Waals surface area contributed by atoms with Gasteiger partial charge >= 0.3 is 0 Å². The third kappa shape index (κ3) is 1.88. The molecule has 1 aliphatic carbocycles. The lowest BCUT2D eigenvalue weighted by Gasteiger charge is -2.25. The summed E-state index contributed by atoms with van der Waals surface area (Å²) in [6.45, 7) is 2.23. The predicted molar refractivity (Wildman–Crippen MR) is 74.5 cm³/mol. The first kappa shape index (κ1) is 11.3. The predicted octanol–water partition coefficient (Wildman–Crippen LogP) is 2.45. The van der Waals surface area contributed by atoms with E-state index in [1.54, 1.807) is 0 Å². The van der Waals surface area contributed by atoms with Gasteiger partial charge in [0.25, 0.3) is 0 Å². The van der Waals surface area contributed by atoms with Crippen LogP contribution in [0.3, 0.4) is 0 Å². The van der Waals surface area contributed by atoms with Crippen molar-refractivity contribution in [2.24, 2.45) is 5.92 Å². The number of aromatic nitrogens is 2. The Morgan fingerprint density at radius 3 is 2.72 bits per heavy atom. The third-order valence-corrected chi connectivity index (χ3v) is 3.85. The molecule has 4 nitrogen and oxygen atoms in total. The SMILES string of the molecule is CC(C1CC1)N(C)c1nc(N)c2ccccc2n1. The van der Waals surface area contributed by atoms with Crippen LogP contribution in [0.25, 0.3) is 10.9 Å². The van der Waals surface area contributed by atoms with Crippen LogP contribution in [0.2, 0.25) is 0 Å². The summed E-state index contributed by atoms with van der Waals surface area (Å²) in [4.78, 5) is 11.2. The number of benzene rings is 1. The van der Waals surface area contributed by atoms with Crippen LogP contribution in [0, 0.1) is 5.92 Å². The summed E-state index contributed by atoms with van der Waals surface area (Å²) < 4.78 is 0. The Labute approximate surface area is 107 Å². The molecule has 0 radical (unpaired) electrons. The second-order valence-corrected chi connectivity index (χ2v) is 5.11. The fourth-order valence-corrected chi connectivity index (χ4v) is 2.32. The Kier molecular flexibility index (Phi) is 2.58. The number of hydrogen-bond donors (Lipinski definition) is 1. The molecule has 1 aromatic carbocycles. The standard InChI is InChI=1S/C14H18N4/c1-9(10-7-8-10)18(2)14-16-12-6-4-3-5-11(12)13(15)17-14/h3-6,9-10H,7-8H2,1-2H3,(H2,15,16,17). The third-order valence-electron chi connectivity index (χ3n) is 3.85. The summed E-state index contributed by atoms with van der Waals surface area (Å²) in [6.07, 6.45) is 2.63. The minimum absolute atomic E-state index is 0.477. The molecule has 4 heteroatoms. The van der Waals surface area contributed by atoms with Gasteiger partial charge in [-0.3, -0.25) is 0 Å². The normalized spacial score (nSPS) is 16.8. The van der Waals surface area contributed by atoms with E-state index in [4.69, 9.17) is 5.73 Å². The molecule has 2 N–H and O–H groups in total. The van der Waals surface area contributed by atoms with Crippen LogP contribution in [0.4, 0.5) is 11.8 Å². The van der Waals surface area contributed by atoms with Crippen molar-refractivity contribution < 1.29 is 0 Å². The quantitative estimate of drug-likeness (QED) is 0.898. The van der Waals surface area contributed by atoms with Gasteiger partial charge in [-0.2, -0.15) is 4.98 Å². The van der Waals surface area contributed by atoms with Gasteiger partial charge in [-0.05, 0) is 37.8 Å². The van der Waals surface area contributed by atoms with Crippen LogP contribution in [0.5, 0.6) is 0 Å². The number of hydrogen-bond acceptors (Lipinski definition) is 4. The van der Waals surface area contributed by atoms with Crippen LogP contribution in [0.15, 0.2) is 24.3 Å². The van der Waals surface area contributed by atoms with Crippen molar-refractivity contribution in [2.45, 2.75) is 25.8 Å². The number of nitrogens with zero attached hydrogens (tertiary/aromatic N) is 3. The first-order valence-electron chi connectivity index (χ1n) is 6.42. The molecule has 18 heavy (non-hydrogen) atoms. The van der Waals surface area contributed by atoms with E-state index in [9.17, 15) is 0 Å². The van der Waals surface area contributed by atoms with Crippen LogP contribution in [-0.4, -0.2) is 23.1 Å². The van der Waals surface area contributed by atoms with Crippen LogP contribution >= 0.6 is 0 Å². The van der Waals surface area contributed by atoms with E-state index in [0.717, 1.165) is 22.8 Å². The molecule has 1 fully saturated rings. The molecule has 2 aromatic rings. The topological polar surface area (TPSA) is 55.0 Å². The lowest BCUT2D eigenvalue weighted by molar-refractivity contribution is 0.599. The summed E-state index contributed by atoms with van der Waals surface area (Å²) in [5, 5.41) is 0.925. The molecule has 1 saturated carbocycles. The average molecular weight is 242 g/mol. The Balaban J connectivity index is 2.01. The zero-order chi connectivity index (χ0) is 12.7. The molecule has 94 valence electrons. The Morgan fingerprint density at radius 1 is 1.28 bits per heavy atom. The highest BCUT2D eigenvalue weighted by Crippen LogP contribution is 2.36. The van der Waals surface area contributed by atoms with Crippen molar-refractivity contribution in [3.05, 3.63) is 24.3 Å². The maximum Gasteiger partial charge on any atom is 0.227 e. The summed E-state index contributed by atoms with van der Waals surface area (Å²) in [6, 6.07) is 8.34. The fourth-order valence-electron chi connectivity index (χ4n) is 2.32. The molecular weight excluding hydrogens is 224 g/mol. The number of fused-ring (bicyclic) bond motifs is 1. The van der Waals surface area contributed by atoms with Crippen molar-refractivity contribution in [1.29, 1.82) is 0 Å². The van der Waals surface area contributed by atoms with E-state index in [2.05, 4.69) is 21.8 Å². The molecule has 0 aliphatic heterocycles. The molecular formula is C14H18N4. The average Bonchev–Trinajstić information content (AvgIpc) is 3.21. The van der Waals surface area contributed by atoms with Crippen molar-refractivity contribution >= 4 is 22.7 Å². The van der Waals surface area contributed by atoms with Gasteiger partial charge < -0.3 is 10.6 Å². The number of nitrogen functional groups attached to an aromatic ring is 1. The maximum absolute atomic E-state index is 6.01. The van der Waals surface area contributed by atoms with Crippen molar-refractivity contribution in [1.82, 2.24) is 9.97 Å². The fraction of sp³-hybridized carbons (Fsp3) is 0.429. The van der Waals surface area contributed by atoms with E-state index in [0.29, 0.717) is 11.9 Å². The van der Waals surface area contributed by atoms with Crippen molar-refractivity contribution in [2.75, 3.05) is 17.7 Å². The zero-order valence-corrected chi connectivity index (χ0v) is 10.8. The van der Waals surface area contributed by atoms with E-state index in [1.165, 1.54) is 12.8 Å². The molecule has 1 aliphatic rings. The summed E-state index contributed by atoms with van der Waals surface area (Å²) >= 11 is 0. The van der Waals surface area contributed by atoms with Gasteiger partial charge in [0.1, 0.15) is 5.82 Å². The largest absolute Gasteiger partial charge is 0.383 e. The van der Waals surface area contributed by atoms with Gasteiger partial charge in [0.15, 0.2) is 0 Å². The molecule has 0 spiro atoms. The van der Waals surface area contributed by atoms with Crippen molar-refractivity contribution in [3.8, 4) is 0 Å². The van der Waals surface area contributed by atoms with Gasteiger partial charge in [0.2, 0.25) is 5.95 Å². The second-order valence-electron chi connectivity index (χ2n) is 5.11. The second kappa shape index (κ2) is 4.12. The lowest BCUT2D eigenvalue weighted by atomic mass is 10.2. The van der Waals surface area contributed by atoms with E-state index < -0.39 is 0 Å². The molecule has 1 atom stereocenters. The first-order chi connectivity index (χ1) is 8.66. The lowest BCUT2D eigenvalue weighted by Crippen LogP contribution is -2.32. The minimum Gasteiger partial charge on any atom is -0.383 e. The van der Waals surface area contributed by atoms with E-state index in [-0.39, 0.29) is 0 Å². The summed E-state index contributed by atoms with van der Waals surface area (Å²) in [5.41, 5.74) is 6.92. The number of nitrogens with two attached hydrogens (primary N) is 1. The highest BCUT2D eigenvalue weighted by Gasteiger charge is 2.31. The van der Waals surface area contributed by atoms with Gasteiger partial charge in [0, 0.05) is 18.5 Å². The van der Waals surface area contributed by atoms with Crippen LogP contribution in [0.1, 0.15) is 19.8 Å². The Hall–Kier alpha value is -1.84. The minimum atomic E-state index is 0.477. The van der Waals surface area contributed by atoms with E-state index in [1.807, 2.05) is 31.3 Å². The zero-order valence-electron chi connectivity index (χ0n) is 10.8. The van der Waals surface area contributed by atoms with Crippen molar-refractivity contribution in [3.63, 3.8) is 0 Å². The molecule has 0 bridgehead atoms.